The van der Waals surface area contributed by atoms with Crippen molar-refractivity contribution in [3.63, 3.8) is 0 Å². The van der Waals surface area contributed by atoms with E-state index in [0.717, 1.165) is 0 Å². The number of phenols is 1. The minimum absolute atomic E-state index is 0.000980. The second-order valence-electron chi connectivity index (χ2n) is 4.10. The third-order valence-corrected chi connectivity index (χ3v) is 2.47. The summed E-state index contributed by atoms with van der Waals surface area (Å²) in [6.45, 7) is 1.63. The summed E-state index contributed by atoms with van der Waals surface area (Å²) >= 11 is 0. The number of hydrogen-bond donors (Lipinski definition) is 2. The van der Waals surface area contributed by atoms with E-state index >= 15 is 0 Å². The van der Waals surface area contributed by atoms with Gasteiger partial charge in [0, 0.05) is 24.2 Å². The van der Waals surface area contributed by atoms with E-state index in [1.807, 2.05) is 0 Å². The van der Waals surface area contributed by atoms with Crippen LogP contribution in [0, 0.1) is 0 Å². The Morgan fingerprint density at radius 2 is 2.06 bits per heavy atom. The van der Waals surface area contributed by atoms with Crippen molar-refractivity contribution < 1.29 is 23.0 Å². The van der Waals surface area contributed by atoms with Crippen LogP contribution in [0.3, 0.4) is 0 Å². The molecule has 0 aliphatic carbocycles. The third-order valence-electron chi connectivity index (χ3n) is 2.47. The normalized spacial score (nSPS) is 13.4. The van der Waals surface area contributed by atoms with E-state index in [-0.39, 0.29) is 12.3 Å². The van der Waals surface area contributed by atoms with Crippen LogP contribution in [0.25, 0.3) is 0 Å². The van der Waals surface area contributed by atoms with E-state index in [4.69, 9.17) is 4.74 Å². The number of hydrogen-bond acceptors (Lipinski definition) is 3. The van der Waals surface area contributed by atoms with Crippen molar-refractivity contribution in [1.29, 1.82) is 0 Å². The Balaban J connectivity index is 2.53. The van der Waals surface area contributed by atoms with Crippen molar-refractivity contribution in [3.8, 4) is 11.5 Å². The predicted octanol–water partition coefficient (Wildman–Crippen LogP) is 2.83. The highest BCUT2D eigenvalue weighted by molar-refractivity contribution is 5.39. The lowest BCUT2D eigenvalue weighted by Gasteiger charge is -2.16. The van der Waals surface area contributed by atoms with Crippen LogP contribution >= 0.6 is 0 Å². The number of nitrogens with one attached hydrogen (secondary N) is 1. The van der Waals surface area contributed by atoms with E-state index in [1.165, 1.54) is 20.1 Å². The fraction of sp³-hybridized carbons (Fsp3) is 0.500. The minimum atomic E-state index is -4.19. The third kappa shape index (κ3) is 4.83. The summed E-state index contributed by atoms with van der Waals surface area (Å²) in [4.78, 5) is 0. The highest BCUT2D eigenvalue weighted by Gasteiger charge is 2.29. The van der Waals surface area contributed by atoms with Gasteiger partial charge in [-0.15, -0.1) is 0 Å². The molecule has 0 amide bonds. The van der Waals surface area contributed by atoms with Crippen LogP contribution in [0.4, 0.5) is 13.2 Å². The molecule has 0 fully saturated rings. The van der Waals surface area contributed by atoms with Gasteiger partial charge in [-0.1, -0.05) is 6.07 Å². The molecule has 6 heteroatoms. The molecule has 0 saturated heterocycles. The van der Waals surface area contributed by atoms with Crippen LogP contribution in [0.5, 0.6) is 11.5 Å². The second kappa shape index (κ2) is 5.95. The van der Waals surface area contributed by atoms with Gasteiger partial charge in [-0.3, -0.25) is 0 Å². The lowest BCUT2D eigenvalue weighted by atomic mass is 10.1. The maximum atomic E-state index is 12.1. The molecule has 2 N–H and O–H groups in total. The van der Waals surface area contributed by atoms with Crippen LogP contribution < -0.4 is 10.1 Å². The summed E-state index contributed by atoms with van der Waals surface area (Å²) in [6.07, 6.45) is -5.09. The standard InChI is InChI=1S/C12H16F3NO2/c1-8(6-12(13,14)15)16-7-9-3-4-10(18-2)5-11(9)17/h3-5,8,16-17H,6-7H2,1-2H3. The fourth-order valence-corrected chi connectivity index (χ4v) is 1.52. The number of alkyl halides is 3. The maximum Gasteiger partial charge on any atom is 0.390 e. The first-order valence-electron chi connectivity index (χ1n) is 5.48. The van der Waals surface area contributed by atoms with Crippen molar-refractivity contribution in [1.82, 2.24) is 5.32 Å². The van der Waals surface area contributed by atoms with E-state index in [2.05, 4.69) is 5.32 Å². The number of phenolic OH excluding ortho intramolecular Hbond substituents is 1. The molecule has 1 aromatic rings. The van der Waals surface area contributed by atoms with Crippen molar-refractivity contribution in [2.24, 2.45) is 0 Å². The Bertz CT molecular complexity index is 393. The molecule has 0 bridgehead atoms. The van der Waals surface area contributed by atoms with Gasteiger partial charge in [-0.05, 0) is 13.0 Å². The van der Waals surface area contributed by atoms with E-state index in [0.29, 0.717) is 11.3 Å². The molecule has 0 spiro atoms. The molecule has 0 aliphatic heterocycles. The van der Waals surface area contributed by atoms with Gasteiger partial charge in [0.05, 0.1) is 13.5 Å². The molecule has 1 rings (SSSR count). The molecule has 0 aromatic heterocycles. The Morgan fingerprint density at radius 1 is 1.39 bits per heavy atom. The van der Waals surface area contributed by atoms with Gasteiger partial charge in [-0.2, -0.15) is 13.2 Å². The largest absolute Gasteiger partial charge is 0.507 e. The van der Waals surface area contributed by atoms with Gasteiger partial charge in [0.15, 0.2) is 0 Å². The lowest BCUT2D eigenvalue weighted by molar-refractivity contribution is -0.139. The van der Waals surface area contributed by atoms with Crippen LogP contribution in [-0.2, 0) is 6.54 Å². The average Bonchev–Trinajstić information content (AvgIpc) is 2.25. The minimum Gasteiger partial charge on any atom is -0.507 e. The molecule has 0 radical (unpaired) electrons. The first-order valence-corrected chi connectivity index (χ1v) is 5.48. The zero-order valence-electron chi connectivity index (χ0n) is 10.2. The van der Waals surface area contributed by atoms with E-state index < -0.39 is 18.6 Å². The van der Waals surface area contributed by atoms with Crippen LogP contribution in [-0.4, -0.2) is 24.4 Å². The summed E-state index contributed by atoms with van der Waals surface area (Å²) in [5.74, 6) is 0.501. The monoisotopic (exact) mass is 263 g/mol. The van der Waals surface area contributed by atoms with Gasteiger partial charge in [0.2, 0.25) is 0 Å². The quantitative estimate of drug-likeness (QED) is 0.858. The molecular weight excluding hydrogens is 247 g/mol. The molecule has 0 saturated carbocycles. The van der Waals surface area contributed by atoms with Gasteiger partial charge in [-0.25, -0.2) is 0 Å². The van der Waals surface area contributed by atoms with Crippen LogP contribution in [0.2, 0.25) is 0 Å². The van der Waals surface area contributed by atoms with Crippen LogP contribution in [0.15, 0.2) is 18.2 Å². The molecule has 1 aromatic carbocycles. The van der Waals surface area contributed by atoms with Gasteiger partial charge >= 0.3 is 6.18 Å². The summed E-state index contributed by atoms with van der Waals surface area (Å²) in [5, 5.41) is 12.3. The SMILES string of the molecule is COc1ccc(CNC(C)CC(F)(F)F)c(O)c1. The topological polar surface area (TPSA) is 41.5 Å². The Hall–Kier alpha value is -1.43. The maximum absolute atomic E-state index is 12.1. The smallest absolute Gasteiger partial charge is 0.390 e. The average molecular weight is 263 g/mol. The number of aromatic hydroxyl groups is 1. The number of methoxy groups -OCH3 is 1. The van der Waals surface area contributed by atoms with Crippen molar-refractivity contribution in [3.05, 3.63) is 23.8 Å². The van der Waals surface area contributed by atoms with Crippen molar-refractivity contribution in [2.75, 3.05) is 7.11 Å². The molecule has 102 valence electrons. The predicted molar refractivity (Wildman–Crippen MR) is 61.6 cm³/mol. The molecule has 18 heavy (non-hydrogen) atoms. The number of ether oxygens (including phenoxy) is 1. The van der Waals surface area contributed by atoms with Gasteiger partial charge in [0.25, 0.3) is 0 Å². The van der Waals surface area contributed by atoms with E-state index in [9.17, 15) is 18.3 Å². The molecule has 3 nitrogen and oxygen atoms in total. The van der Waals surface area contributed by atoms with Crippen molar-refractivity contribution >= 4 is 0 Å². The zero-order valence-corrected chi connectivity index (χ0v) is 10.2. The molecular formula is C12H16F3NO2. The van der Waals surface area contributed by atoms with Crippen LogP contribution in [0.1, 0.15) is 18.9 Å². The molecule has 1 atom stereocenters. The Kier molecular flexibility index (Phi) is 4.84. The highest BCUT2D eigenvalue weighted by atomic mass is 19.4. The summed E-state index contributed by atoms with van der Waals surface area (Å²) in [6, 6.07) is 3.98. The summed E-state index contributed by atoms with van der Waals surface area (Å²) in [7, 11) is 1.47. The van der Waals surface area contributed by atoms with Gasteiger partial charge in [0.1, 0.15) is 11.5 Å². The fourth-order valence-electron chi connectivity index (χ4n) is 1.52. The summed E-state index contributed by atoms with van der Waals surface area (Å²) < 4.78 is 41.2. The Labute approximate surface area is 104 Å². The number of halogens is 3. The molecule has 1 unspecified atom stereocenters. The second-order valence-corrected chi connectivity index (χ2v) is 4.10. The Morgan fingerprint density at radius 3 is 2.56 bits per heavy atom. The molecule has 0 heterocycles. The highest BCUT2D eigenvalue weighted by Crippen LogP contribution is 2.24. The van der Waals surface area contributed by atoms with Crippen molar-refractivity contribution in [2.45, 2.75) is 32.1 Å². The lowest BCUT2D eigenvalue weighted by Crippen LogP contribution is -2.30. The van der Waals surface area contributed by atoms with Gasteiger partial charge < -0.3 is 15.2 Å². The first-order chi connectivity index (χ1) is 8.31. The molecule has 0 aliphatic rings. The zero-order chi connectivity index (χ0) is 13.8. The summed E-state index contributed by atoms with van der Waals surface area (Å²) in [5.41, 5.74) is 0.532. The number of benzene rings is 1. The number of rotatable bonds is 5. The van der Waals surface area contributed by atoms with E-state index in [1.54, 1.807) is 12.1 Å². The first kappa shape index (κ1) is 14.6.